The minimum atomic E-state index is -3.44. The molecule has 11 nitrogen and oxygen atoms in total. The molecule has 0 spiro atoms. The number of para-hydroxylation sites is 1. The van der Waals surface area contributed by atoms with Gasteiger partial charge in [-0.05, 0) is 43.5 Å². The molecule has 1 fully saturated rings. The Kier molecular flexibility index (Phi) is 13.4. The lowest BCUT2D eigenvalue weighted by molar-refractivity contribution is -0.191. The lowest BCUT2D eigenvalue weighted by Crippen LogP contribution is -2.54. The zero-order chi connectivity index (χ0) is 34.9. The van der Waals surface area contributed by atoms with Crippen LogP contribution >= 0.6 is 0 Å². The Hall–Kier alpha value is -3.92. The Morgan fingerprint density at radius 1 is 1.15 bits per heavy atom. The van der Waals surface area contributed by atoms with Gasteiger partial charge in [0.2, 0.25) is 0 Å². The Labute approximate surface area is 266 Å². The fourth-order valence-electron chi connectivity index (χ4n) is 5.75. The first-order valence-electron chi connectivity index (χ1n) is 14.7. The normalized spacial score (nSPS) is 18.9. The number of carbonyl (C=O) groups is 1. The Morgan fingerprint density at radius 3 is 2.30 bits per heavy atom. The molecule has 47 heavy (non-hydrogen) atoms. The summed E-state index contributed by atoms with van der Waals surface area (Å²) >= 11 is 0. The second-order valence-corrected chi connectivity index (χ2v) is 11.3. The predicted octanol–water partition coefficient (Wildman–Crippen LogP) is 2.71. The first-order valence-corrected chi connectivity index (χ1v) is 14.7. The summed E-state index contributed by atoms with van der Waals surface area (Å²) in [5.41, 5.74) is 2.05. The van der Waals surface area contributed by atoms with Crippen molar-refractivity contribution in [1.82, 2.24) is 14.8 Å². The van der Waals surface area contributed by atoms with E-state index in [1.54, 1.807) is 6.92 Å². The van der Waals surface area contributed by atoms with Gasteiger partial charge in [0.15, 0.2) is 6.10 Å². The Balaban J connectivity index is 0.000000526. The van der Waals surface area contributed by atoms with Crippen LogP contribution in [0.5, 0.6) is 0 Å². The number of anilines is 1. The van der Waals surface area contributed by atoms with E-state index >= 15 is 8.78 Å². The highest BCUT2D eigenvalue weighted by molar-refractivity contribution is 5.85. The summed E-state index contributed by atoms with van der Waals surface area (Å²) in [5.74, 6) is -6.51. The van der Waals surface area contributed by atoms with Gasteiger partial charge in [-0.1, -0.05) is 18.2 Å². The first kappa shape index (κ1) is 37.5. The van der Waals surface area contributed by atoms with Gasteiger partial charge in [0.05, 0.1) is 31.9 Å². The van der Waals surface area contributed by atoms with E-state index in [1.165, 1.54) is 17.0 Å². The maximum atomic E-state index is 15.7. The van der Waals surface area contributed by atoms with Gasteiger partial charge in [0, 0.05) is 53.5 Å². The number of aliphatic hydroxyl groups excluding tert-OH is 3. The molecule has 2 aliphatic heterocycles. The van der Waals surface area contributed by atoms with Gasteiger partial charge in [-0.3, -0.25) is 14.2 Å². The topological polar surface area (TPSA) is 166 Å². The number of alkyl halides is 3. The maximum absolute atomic E-state index is 15.7. The van der Waals surface area contributed by atoms with Crippen molar-refractivity contribution in [3.8, 4) is 0 Å². The van der Waals surface area contributed by atoms with Crippen LogP contribution in [0.4, 0.5) is 27.6 Å². The van der Waals surface area contributed by atoms with E-state index in [-0.39, 0.29) is 30.1 Å². The summed E-state index contributed by atoms with van der Waals surface area (Å²) in [5, 5.41) is 37.0. The van der Waals surface area contributed by atoms with Gasteiger partial charge < -0.3 is 30.7 Å². The third kappa shape index (κ3) is 9.34. The number of hydrogen-bond donors (Lipinski definition) is 6. The van der Waals surface area contributed by atoms with Gasteiger partial charge in [0.1, 0.15) is 18.2 Å². The second kappa shape index (κ2) is 16.8. The highest BCUT2D eigenvalue weighted by Crippen LogP contribution is 2.43. The van der Waals surface area contributed by atoms with Crippen LogP contribution in [-0.4, -0.2) is 118 Å². The third-order valence-corrected chi connectivity index (χ3v) is 7.91. The minimum Gasteiger partial charge on any atom is -0.479 e. The number of aliphatic carboxylic acids is 1. The molecule has 3 heterocycles. The molecular formula is C31H37F5N4O7. The molecule has 0 aliphatic carbocycles. The first-order chi connectivity index (χ1) is 22.3. The number of aromatic amines is 1. The molecule has 0 radical (unpaired) electrons. The highest BCUT2D eigenvalue weighted by atomic mass is 19.3. The number of carboxylic acid groups (broad SMARTS) is 1. The molecule has 1 aromatic heterocycles. The van der Waals surface area contributed by atoms with Crippen LogP contribution in [0.1, 0.15) is 36.2 Å². The number of nitrogens with one attached hydrogen (secondary N) is 2. The molecule has 16 heteroatoms. The predicted molar refractivity (Wildman–Crippen MR) is 159 cm³/mol. The van der Waals surface area contributed by atoms with Crippen LogP contribution in [0, 0.1) is 11.6 Å². The standard InChI is InChI=1S/C27H31F5N4O.C3H6O4.CO2/c1-16-9-20-19-5-2-3-6-23(19)34-25(20)26(36(16)14-27(31,32)15-37)24-21(29)10-17(11-22(24)30)33-18-12-35(13-18)8-4-7-28;4-1-2(5)3(6)7;2-1-3/h2-3,5-6,10-11,16,18,26,33-34,37H,4,7-9,12-15H2,1H3;2,4-5H,1H2,(H,6,7);/t16-,26-;2-;/m11./s1. The number of halogens is 5. The number of likely N-dealkylation sites (tertiary alicyclic amines) is 1. The van der Waals surface area contributed by atoms with Gasteiger partial charge in [-0.15, -0.1) is 0 Å². The number of hydrogen-bond acceptors (Lipinski definition) is 9. The van der Waals surface area contributed by atoms with Crippen molar-refractivity contribution in [2.75, 3.05) is 51.4 Å². The lowest BCUT2D eigenvalue weighted by Gasteiger charge is -2.42. The molecule has 0 bridgehead atoms. The summed E-state index contributed by atoms with van der Waals surface area (Å²) < 4.78 is 72.5. The molecule has 3 aromatic rings. The molecule has 258 valence electrons. The summed E-state index contributed by atoms with van der Waals surface area (Å²) in [6.07, 6.45) is -0.507. The van der Waals surface area contributed by atoms with E-state index < -0.39 is 61.5 Å². The van der Waals surface area contributed by atoms with Crippen molar-refractivity contribution in [2.24, 2.45) is 0 Å². The van der Waals surface area contributed by atoms with Crippen LogP contribution in [-0.2, 0) is 20.8 Å². The monoisotopic (exact) mass is 672 g/mol. The number of benzene rings is 2. The summed E-state index contributed by atoms with van der Waals surface area (Å²) in [6.45, 7) is 0.363. The molecule has 5 rings (SSSR count). The van der Waals surface area contributed by atoms with Gasteiger partial charge in [0.25, 0.3) is 5.92 Å². The van der Waals surface area contributed by atoms with Crippen molar-refractivity contribution in [2.45, 2.75) is 49.9 Å². The molecule has 2 aromatic carbocycles. The average Bonchev–Trinajstić information content (AvgIpc) is 3.37. The van der Waals surface area contributed by atoms with Crippen molar-refractivity contribution in [3.63, 3.8) is 0 Å². The zero-order valence-corrected chi connectivity index (χ0v) is 25.4. The number of aromatic nitrogens is 1. The van der Waals surface area contributed by atoms with Crippen molar-refractivity contribution in [1.29, 1.82) is 0 Å². The zero-order valence-electron chi connectivity index (χ0n) is 25.4. The van der Waals surface area contributed by atoms with E-state index in [1.807, 2.05) is 24.3 Å². The fourth-order valence-corrected chi connectivity index (χ4v) is 5.75. The number of carboxylic acids is 1. The average molecular weight is 673 g/mol. The number of rotatable bonds is 11. The van der Waals surface area contributed by atoms with Crippen LogP contribution in [0.3, 0.4) is 0 Å². The van der Waals surface area contributed by atoms with Crippen LogP contribution < -0.4 is 5.32 Å². The molecular weight excluding hydrogens is 635 g/mol. The van der Waals surface area contributed by atoms with Crippen molar-refractivity contribution in [3.05, 3.63) is 64.9 Å². The fraction of sp³-hybridized carbons (Fsp3) is 0.484. The SMILES string of the molecule is C[C@@H]1Cc2c([nH]c3ccccc23)[C@@H](c2c(F)cc(NC3CN(CCCF)C3)cc2F)N1CC(F)(F)CO.O=C(O)[C@H](O)CO.O=C=O. The van der Waals surface area contributed by atoms with Crippen LogP contribution in [0.2, 0.25) is 0 Å². The van der Waals surface area contributed by atoms with Crippen LogP contribution in [0.25, 0.3) is 10.9 Å². The summed E-state index contributed by atoms with van der Waals surface area (Å²) in [7, 11) is 0. The number of nitrogens with zero attached hydrogens (tertiary/aromatic N) is 2. The Bertz CT molecular complexity index is 1510. The van der Waals surface area contributed by atoms with Crippen LogP contribution in [0.15, 0.2) is 36.4 Å². The summed E-state index contributed by atoms with van der Waals surface area (Å²) in [4.78, 5) is 32.4. The van der Waals surface area contributed by atoms with Crippen molar-refractivity contribution >= 4 is 28.7 Å². The van der Waals surface area contributed by atoms with E-state index in [0.717, 1.165) is 16.5 Å². The van der Waals surface area contributed by atoms with Gasteiger partial charge >= 0.3 is 12.1 Å². The third-order valence-electron chi connectivity index (χ3n) is 7.91. The molecule has 1 saturated heterocycles. The molecule has 6 N–H and O–H groups in total. The molecule has 3 atom stereocenters. The quantitative estimate of drug-likeness (QED) is 0.167. The smallest absolute Gasteiger partial charge is 0.373 e. The highest BCUT2D eigenvalue weighted by Gasteiger charge is 2.43. The molecule has 2 aliphatic rings. The lowest BCUT2D eigenvalue weighted by atomic mass is 9.87. The van der Waals surface area contributed by atoms with Crippen molar-refractivity contribution < 1.29 is 56.8 Å². The van der Waals surface area contributed by atoms with E-state index in [0.29, 0.717) is 38.2 Å². The molecule has 0 saturated carbocycles. The molecule has 0 amide bonds. The number of H-pyrrole nitrogens is 1. The van der Waals surface area contributed by atoms with E-state index in [4.69, 9.17) is 24.9 Å². The maximum Gasteiger partial charge on any atom is 0.373 e. The van der Waals surface area contributed by atoms with Gasteiger partial charge in [-0.25, -0.2) is 22.4 Å². The van der Waals surface area contributed by atoms with E-state index in [9.17, 15) is 23.1 Å². The number of aliphatic hydroxyl groups is 3. The minimum absolute atomic E-state index is 0.0148. The largest absolute Gasteiger partial charge is 0.479 e. The second-order valence-electron chi connectivity index (χ2n) is 11.3. The molecule has 0 unspecified atom stereocenters. The Morgan fingerprint density at radius 2 is 1.77 bits per heavy atom. The number of fused-ring (bicyclic) bond motifs is 3. The van der Waals surface area contributed by atoms with E-state index in [2.05, 4.69) is 15.2 Å². The number of carbonyl (C=O) groups excluding carboxylic acids is 2. The summed E-state index contributed by atoms with van der Waals surface area (Å²) in [6, 6.07) is 8.25. The van der Waals surface area contributed by atoms with Gasteiger partial charge in [-0.2, -0.15) is 9.59 Å².